The number of imidazole rings is 1. The molecule has 0 amide bonds. The van der Waals surface area contributed by atoms with E-state index in [0.717, 1.165) is 17.0 Å². The number of hydrogen-bond acceptors (Lipinski definition) is 2. The maximum Gasteiger partial charge on any atom is 0.161 e. The first-order valence-corrected chi connectivity index (χ1v) is 6.08. The summed E-state index contributed by atoms with van der Waals surface area (Å²) in [6, 6.07) is 2.39. The SMILES string of the molecule is CC(C)c1nc2c(Cl)ccnc2n1C1CC1. The topological polar surface area (TPSA) is 30.7 Å². The van der Waals surface area contributed by atoms with Crippen LogP contribution in [-0.2, 0) is 0 Å². The lowest BCUT2D eigenvalue weighted by Crippen LogP contribution is -2.03. The Bertz CT molecular complexity index is 540. The summed E-state index contributed by atoms with van der Waals surface area (Å²) >= 11 is 6.16. The second kappa shape index (κ2) is 3.45. The normalized spacial score (nSPS) is 16.2. The van der Waals surface area contributed by atoms with Crippen molar-refractivity contribution in [3.63, 3.8) is 0 Å². The highest BCUT2D eigenvalue weighted by molar-refractivity contribution is 6.34. The van der Waals surface area contributed by atoms with Crippen molar-refractivity contribution in [3.8, 4) is 0 Å². The summed E-state index contributed by atoms with van der Waals surface area (Å²) in [5.41, 5.74) is 1.79. The van der Waals surface area contributed by atoms with Crippen molar-refractivity contribution in [2.45, 2.75) is 38.6 Å². The molecule has 0 aromatic carbocycles. The van der Waals surface area contributed by atoms with Gasteiger partial charge in [0.25, 0.3) is 0 Å². The van der Waals surface area contributed by atoms with E-state index in [9.17, 15) is 0 Å². The lowest BCUT2D eigenvalue weighted by molar-refractivity contribution is 0.650. The number of halogens is 1. The molecule has 1 aliphatic carbocycles. The molecule has 1 saturated carbocycles. The fourth-order valence-corrected chi connectivity index (χ4v) is 2.26. The first-order valence-electron chi connectivity index (χ1n) is 5.71. The van der Waals surface area contributed by atoms with E-state index >= 15 is 0 Å². The number of aromatic nitrogens is 3. The zero-order valence-electron chi connectivity index (χ0n) is 9.44. The molecule has 0 N–H and O–H groups in total. The standard InChI is InChI=1S/C12H14ClN3/c1-7(2)11-15-10-9(13)5-6-14-12(10)16(11)8-3-4-8/h5-8H,3-4H2,1-2H3. The van der Waals surface area contributed by atoms with Crippen LogP contribution < -0.4 is 0 Å². The predicted molar refractivity (Wildman–Crippen MR) is 64.9 cm³/mol. The molecule has 2 aromatic heterocycles. The molecule has 84 valence electrons. The molecule has 0 atom stereocenters. The Kier molecular flexibility index (Phi) is 2.18. The Morgan fingerprint density at radius 3 is 2.81 bits per heavy atom. The van der Waals surface area contributed by atoms with Gasteiger partial charge in [-0.25, -0.2) is 9.97 Å². The Morgan fingerprint density at radius 2 is 2.19 bits per heavy atom. The van der Waals surface area contributed by atoms with Crippen LogP contribution in [0.4, 0.5) is 0 Å². The first-order chi connectivity index (χ1) is 7.68. The van der Waals surface area contributed by atoms with Gasteiger partial charge in [-0.2, -0.15) is 0 Å². The largest absolute Gasteiger partial charge is 0.309 e. The number of nitrogens with zero attached hydrogens (tertiary/aromatic N) is 3. The van der Waals surface area contributed by atoms with Gasteiger partial charge >= 0.3 is 0 Å². The molecule has 0 spiro atoms. The summed E-state index contributed by atoms with van der Waals surface area (Å²) in [7, 11) is 0. The van der Waals surface area contributed by atoms with Crippen molar-refractivity contribution in [3.05, 3.63) is 23.1 Å². The molecule has 1 aliphatic rings. The number of hydrogen-bond donors (Lipinski definition) is 0. The van der Waals surface area contributed by atoms with Gasteiger partial charge in [0.15, 0.2) is 5.65 Å². The third-order valence-electron chi connectivity index (χ3n) is 2.99. The Balaban J connectivity index is 2.32. The molecule has 0 unspecified atom stereocenters. The van der Waals surface area contributed by atoms with Crippen molar-refractivity contribution < 1.29 is 0 Å². The Hall–Kier alpha value is -1.09. The second-order valence-corrected chi connectivity index (χ2v) is 5.10. The summed E-state index contributed by atoms with van der Waals surface area (Å²) in [5.74, 6) is 1.52. The number of fused-ring (bicyclic) bond motifs is 1. The molecule has 4 heteroatoms. The average Bonchev–Trinajstić information content (AvgIpc) is 2.99. The van der Waals surface area contributed by atoms with E-state index in [1.807, 2.05) is 0 Å². The average molecular weight is 236 g/mol. The minimum Gasteiger partial charge on any atom is -0.309 e. The monoisotopic (exact) mass is 235 g/mol. The Morgan fingerprint density at radius 1 is 1.44 bits per heavy atom. The van der Waals surface area contributed by atoms with Gasteiger partial charge in [-0.3, -0.25) is 0 Å². The lowest BCUT2D eigenvalue weighted by atomic mass is 10.2. The van der Waals surface area contributed by atoms with Crippen LogP contribution in [0.5, 0.6) is 0 Å². The van der Waals surface area contributed by atoms with E-state index in [2.05, 4.69) is 28.4 Å². The van der Waals surface area contributed by atoms with Crippen LogP contribution in [0.15, 0.2) is 12.3 Å². The molecule has 1 fully saturated rings. The van der Waals surface area contributed by atoms with Crippen molar-refractivity contribution >= 4 is 22.8 Å². The van der Waals surface area contributed by atoms with E-state index < -0.39 is 0 Å². The Labute approximate surface area is 99.5 Å². The lowest BCUT2D eigenvalue weighted by Gasteiger charge is -2.08. The molecule has 2 heterocycles. The van der Waals surface area contributed by atoms with E-state index in [-0.39, 0.29) is 0 Å². The van der Waals surface area contributed by atoms with Crippen LogP contribution in [0, 0.1) is 0 Å². The van der Waals surface area contributed by atoms with Crippen LogP contribution in [0.1, 0.15) is 44.5 Å². The van der Waals surface area contributed by atoms with Gasteiger partial charge in [0.1, 0.15) is 11.3 Å². The van der Waals surface area contributed by atoms with Gasteiger partial charge in [-0.1, -0.05) is 25.4 Å². The van der Waals surface area contributed by atoms with Gasteiger partial charge < -0.3 is 4.57 Å². The van der Waals surface area contributed by atoms with Crippen LogP contribution >= 0.6 is 11.6 Å². The third kappa shape index (κ3) is 1.42. The highest BCUT2D eigenvalue weighted by Gasteiger charge is 2.30. The highest BCUT2D eigenvalue weighted by atomic mass is 35.5. The van der Waals surface area contributed by atoms with Crippen molar-refractivity contribution in [2.75, 3.05) is 0 Å². The van der Waals surface area contributed by atoms with Crippen molar-refractivity contribution in [1.29, 1.82) is 0 Å². The van der Waals surface area contributed by atoms with Gasteiger partial charge in [-0.15, -0.1) is 0 Å². The molecule has 0 radical (unpaired) electrons. The zero-order chi connectivity index (χ0) is 11.3. The smallest absolute Gasteiger partial charge is 0.161 e. The van der Waals surface area contributed by atoms with E-state index in [1.165, 1.54) is 12.8 Å². The molecule has 0 aliphatic heterocycles. The maximum absolute atomic E-state index is 6.16. The summed E-state index contributed by atoms with van der Waals surface area (Å²) < 4.78 is 2.27. The first kappa shape index (κ1) is 10.1. The summed E-state index contributed by atoms with van der Waals surface area (Å²) in [5, 5.41) is 0.700. The van der Waals surface area contributed by atoms with Gasteiger partial charge in [0, 0.05) is 18.2 Å². The van der Waals surface area contributed by atoms with Crippen LogP contribution in [0.25, 0.3) is 11.2 Å². The zero-order valence-corrected chi connectivity index (χ0v) is 10.2. The fraction of sp³-hybridized carbons (Fsp3) is 0.500. The molecule has 3 nitrogen and oxygen atoms in total. The second-order valence-electron chi connectivity index (χ2n) is 4.69. The van der Waals surface area contributed by atoms with Gasteiger partial charge in [0.2, 0.25) is 0 Å². The van der Waals surface area contributed by atoms with E-state index in [1.54, 1.807) is 12.3 Å². The predicted octanol–water partition coefficient (Wildman–Crippen LogP) is 3.54. The van der Waals surface area contributed by atoms with Gasteiger partial charge in [0.05, 0.1) is 5.02 Å². The molecule has 3 rings (SSSR count). The number of rotatable bonds is 2. The summed E-state index contributed by atoms with van der Waals surface area (Å²) in [6.45, 7) is 4.32. The summed E-state index contributed by atoms with van der Waals surface area (Å²) in [6.07, 6.45) is 4.23. The van der Waals surface area contributed by atoms with E-state index in [0.29, 0.717) is 17.0 Å². The minimum atomic E-state index is 0.408. The van der Waals surface area contributed by atoms with Crippen molar-refractivity contribution in [1.82, 2.24) is 14.5 Å². The third-order valence-corrected chi connectivity index (χ3v) is 3.29. The van der Waals surface area contributed by atoms with Crippen LogP contribution in [0.3, 0.4) is 0 Å². The van der Waals surface area contributed by atoms with E-state index in [4.69, 9.17) is 11.6 Å². The molecule has 16 heavy (non-hydrogen) atoms. The van der Waals surface area contributed by atoms with Gasteiger partial charge in [-0.05, 0) is 18.9 Å². The van der Waals surface area contributed by atoms with Crippen molar-refractivity contribution in [2.24, 2.45) is 0 Å². The molecular formula is C12H14ClN3. The fourth-order valence-electron chi connectivity index (χ4n) is 2.08. The van der Waals surface area contributed by atoms with Crippen LogP contribution in [-0.4, -0.2) is 14.5 Å². The summed E-state index contributed by atoms with van der Waals surface area (Å²) in [4.78, 5) is 9.06. The quantitative estimate of drug-likeness (QED) is 0.797. The molecular weight excluding hydrogens is 222 g/mol. The number of pyridine rings is 1. The minimum absolute atomic E-state index is 0.408. The highest BCUT2D eigenvalue weighted by Crippen LogP contribution is 2.40. The molecule has 0 bridgehead atoms. The molecule has 2 aromatic rings. The maximum atomic E-state index is 6.16. The van der Waals surface area contributed by atoms with Crippen LogP contribution in [0.2, 0.25) is 5.02 Å². The molecule has 0 saturated heterocycles.